The van der Waals surface area contributed by atoms with Gasteiger partial charge < -0.3 is 4.90 Å². The number of carbonyl (C=O) groups excluding carboxylic acids is 2. The molecule has 1 aliphatic carbocycles. The second kappa shape index (κ2) is 8.93. The molecule has 2 amide bonds. The van der Waals surface area contributed by atoms with E-state index in [-0.39, 0.29) is 23.4 Å². The minimum atomic E-state index is -0.294. The van der Waals surface area contributed by atoms with Gasteiger partial charge in [0.1, 0.15) is 5.70 Å². The molecule has 0 atom stereocenters. The van der Waals surface area contributed by atoms with Crippen LogP contribution in [0.1, 0.15) is 74.3 Å². The fourth-order valence-electron chi connectivity index (χ4n) is 5.81. The van der Waals surface area contributed by atoms with Gasteiger partial charge in [-0.25, -0.2) is 4.68 Å². The molecule has 3 aliphatic rings. The van der Waals surface area contributed by atoms with E-state index in [1.807, 2.05) is 43.9 Å². The number of amides is 2. The van der Waals surface area contributed by atoms with Gasteiger partial charge in [-0.1, -0.05) is 38.3 Å². The Bertz CT molecular complexity index is 1220. The van der Waals surface area contributed by atoms with E-state index in [0.717, 1.165) is 74.8 Å². The first-order chi connectivity index (χ1) is 16.4. The smallest absolute Gasteiger partial charge is 0.279 e. The Morgan fingerprint density at radius 3 is 2.32 bits per heavy atom. The van der Waals surface area contributed by atoms with Crippen LogP contribution < -0.4 is 5.56 Å². The fourth-order valence-corrected chi connectivity index (χ4v) is 5.81. The average molecular weight is 463 g/mol. The lowest BCUT2D eigenvalue weighted by molar-refractivity contribution is -0.140. The summed E-state index contributed by atoms with van der Waals surface area (Å²) in [6.45, 7) is 7.47. The van der Waals surface area contributed by atoms with Crippen LogP contribution in [-0.4, -0.2) is 50.5 Å². The van der Waals surface area contributed by atoms with Crippen molar-refractivity contribution in [3.63, 3.8) is 0 Å². The highest BCUT2D eigenvalue weighted by Gasteiger charge is 2.47. The second-order valence-electron chi connectivity index (χ2n) is 9.87. The number of nitrogens with zero attached hydrogens (tertiary/aromatic N) is 3. The van der Waals surface area contributed by atoms with Crippen molar-refractivity contribution in [1.82, 2.24) is 19.6 Å². The molecular weight excluding hydrogens is 428 g/mol. The molecule has 3 heterocycles. The van der Waals surface area contributed by atoms with Crippen molar-refractivity contribution in [3.8, 4) is 5.69 Å². The number of aromatic nitrogens is 2. The van der Waals surface area contributed by atoms with Gasteiger partial charge in [-0.05, 0) is 63.1 Å². The molecule has 1 N–H and O–H groups in total. The third-order valence-corrected chi connectivity index (χ3v) is 7.84. The number of aryl methyl sites for hydroxylation is 2. The summed E-state index contributed by atoms with van der Waals surface area (Å²) in [6, 6.07) is 5.79. The minimum absolute atomic E-state index is 0.0749. The normalized spacial score (nSPS) is 19.7. The van der Waals surface area contributed by atoms with Crippen molar-refractivity contribution in [3.05, 3.63) is 56.6 Å². The van der Waals surface area contributed by atoms with Crippen LogP contribution in [0.4, 0.5) is 0 Å². The highest BCUT2D eigenvalue weighted by Crippen LogP contribution is 2.37. The lowest BCUT2D eigenvalue weighted by atomic mass is 9.94. The lowest BCUT2D eigenvalue weighted by Gasteiger charge is -2.30. The van der Waals surface area contributed by atoms with E-state index in [0.29, 0.717) is 28.9 Å². The molecular formula is C27H34N4O3. The highest BCUT2D eigenvalue weighted by molar-refractivity contribution is 6.35. The van der Waals surface area contributed by atoms with Crippen LogP contribution >= 0.6 is 0 Å². The molecule has 0 radical (unpaired) electrons. The van der Waals surface area contributed by atoms with Crippen molar-refractivity contribution < 1.29 is 9.59 Å². The van der Waals surface area contributed by atoms with E-state index < -0.39 is 0 Å². The molecule has 5 rings (SSSR count). The molecule has 2 aromatic rings. The number of imide groups is 1. The topological polar surface area (TPSA) is 78.4 Å². The molecule has 0 spiro atoms. The zero-order valence-corrected chi connectivity index (χ0v) is 20.4. The van der Waals surface area contributed by atoms with E-state index in [1.165, 1.54) is 4.90 Å². The fraction of sp³-hybridized carbons (Fsp3) is 0.519. The number of nitrogens with one attached hydrogen (secondary N) is 1. The summed E-state index contributed by atoms with van der Waals surface area (Å²) in [5.74, 6) is -0.507. The first-order valence-electron chi connectivity index (χ1n) is 12.7. The predicted octanol–water partition coefficient (Wildman–Crippen LogP) is 3.85. The number of rotatable bonds is 5. The maximum Gasteiger partial charge on any atom is 0.279 e. The van der Waals surface area contributed by atoms with E-state index in [4.69, 9.17) is 0 Å². The van der Waals surface area contributed by atoms with Crippen LogP contribution in [0.25, 0.3) is 11.3 Å². The monoisotopic (exact) mass is 462 g/mol. The van der Waals surface area contributed by atoms with Gasteiger partial charge in [-0.15, -0.1) is 0 Å². The minimum Gasteiger partial charge on any atom is -0.366 e. The van der Waals surface area contributed by atoms with Crippen molar-refractivity contribution >= 4 is 17.4 Å². The number of hydrogen-bond donors (Lipinski definition) is 1. The van der Waals surface area contributed by atoms with Gasteiger partial charge in [-0.2, -0.15) is 0 Å². The summed E-state index contributed by atoms with van der Waals surface area (Å²) in [4.78, 5) is 45.1. The Morgan fingerprint density at radius 2 is 1.65 bits per heavy atom. The van der Waals surface area contributed by atoms with Crippen LogP contribution in [0.5, 0.6) is 0 Å². The molecule has 34 heavy (non-hydrogen) atoms. The SMILES string of the molecule is CCc1[nH]n(-c2cccc(C)c2C)c(=O)c1C1=C(N2CCCC2)C(=O)N(C2CCCCC2)C1=O. The highest BCUT2D eigenvalue weighted by atomic mass is 16.2. The zero-order chi connectivity index (χ0) is 24.0. The number of aromatic amines is 1. The quantitative estimate of drug-likeness (QED) is 0.685. The van der Waals surface area contributed by atoms with Crippen LogP contribution in [0.3, 0.4) is 0 Å². The lowest BCUT2D eigenvalue weighted by Crippen LogP contribution is -2.43. The van der Waals surface area contributed by atoms with Crippen LogP contribution in [-0.2, 0) is 16.0 Å². The summed E-state index contributed by atoms with van der Waals surface area (Å²) in [6.07, 6.45) is 7.43. The summed E-state index contributed by atoms with van der Waals surface area (Å²) in [7, 11) is 0. The molecule has 1 saturated heterocycles. The molecule has 0 unspecified atom stereocenters. The molecule has 7 nitrogen and oxygen atoms in total. The third kappa shape index (κ3) is 3.53. The Kier molecular flexibility index (Phi) is 5.96. The Morgan fingerprint density at radius 1 is 0.941 bits per heavy atom. The van der Waals surface area contributed by atoms with Crippen molar-refractivity contribution in [1.29, 1.82) is 0 Å². The van der Waals surface area contributed by atoms with Gasteiger partial charge >= 0.3 is 0 Å². The number of likely N-dealkylation sites (tertiary alicyclic amines) is 1. The first-order valence-corrected chi connectivity index (χ1v) is 12.7. The number of hydrogen-bond acceptors (Lipinski definition) is 4. The van der Waals surface area contributed by atoms with Gasteiger partial charge in [0.2, 0.25) is 0 Å². The maximum atomic E-state index is 13.9. The van der Waals surface area contributed by atoms with Crippen LogP contribution in [0.15, 0.2) is 28.7 Å². The Balaban J connectivity index is 1.69. The molecule has 1 aromatic heterocycles. The molecule has 180 valence electrons. The van der Waals surface area contributed by atoms with Crippen LogP contribution in [0.2, 0.25) is 0 Å². The molecule has 7 heteroatoms. The summed E-state index contributed by atoms with van der Waals surface area (Å²) >= 11 is 0. The molecule has 2 fully saturated rings. The summed E-state index contributed by atoms with van der Waals surface area (Å²) in [5.41, 5.74) is 4.41. The van der Waals surface area contributed by atoms with E-state index in [9.17, 15) is 14.4 Å². The van der Waals surface area contributed by atoms with Gasteiger partial charge in [0, 0.05) is 24.8 Å². The van der Waals surface area contributed by atoms with Gasteiger partial charge in [0.15, 0.2) is 0 Å². The molecule has 0 bridgehead atoms. The Hall–Kier alpha value is -3.09. The Labute approximate surface area is 200 Å². The van der Waals surface area contributed by atoms with E-state index in [1.54, 1.807) is 4.68 Å². The predicted molar refractivity (Wildman–Crippen MR) is 132 cm³/mol. The summed E-state index contributed by atoms with van der Waals surface area (Å²) in [5, 5.41) is 3.27. The van der Waals surface area contributed by atoms with Gasteiger partial charge in [0.25, 0.3) is 17.4 Å². The van der Waals surface area contributed by atoms with Crippen molar-refractivity contribution in [2.45, 2.75) is 78.2 Å². The molecule has 1 saturated carbocycles. The first kappa shape index (κ1) is 22.7. The molecule has 2 aliphatic heterocycles. The zero-order valence-electron chi connectivity index (χ0n) is 20.4. The molecule has 1 aromatic carbocycles. The second-order valence-corrected chi connectivity index (χ2v) is 9.87. The van der Waals surface area contributed by atoms with Gasteiger partial charge in [-0.3, -0.25) is 24.4 Å². The van der Waals surface area contributed by atoms with Gasteiger partial charge in [0.05, 0.1) is 16.8 Å². The largest absolute Gasteiger partial charge is 0.366 e. The maximum absolute atomic E-state index is 13.9. The standard InChI is InChI=1S/C27H34N4O3/c1-4-20-22(26(33)31(28-20)21-14-10-11-17(2)18(21)3)23-24(29-15-8-9-16-29)27(34)30(25(23)32)19-12-6-5-7-13-19/h10-11,14,19,28H,4-9,12-13,15-16H2,1-3H3. The van der Waals surface area contributed by atoms with Crippen LogP contribution in [0, 0.1) is 13.8 Å². The summed E-state index contributed by atoms with van der Waals surface area (Å²) < 4.78 is 1.55. The average Bonchev–Trinajstić information content (AvgIpc) is 3.53. The van der Waals surface area contributed by atoms with Crippen molar-refractivity contribution in [2.75, 3.05) is 13.1 Å². The van der Waals surface area contributed by atoms with E-state index in [2.05, 4.69) is 5.10 Å². The third-order valence-electron chi connectivity index (χ3n) is 7.84. The number of H-pyrrole nitrogens is 1. The number of benzene rings is 1. The number of carbonyl (C=O) groups is 2. The van der Waals surface area contributed by atoms with Crippen molar-refractivity contribution in [2.24, 2.45) is 0 Å². The van der Waals surface area contributed by atoms with E-state index >= 15 is 0 Å².